The largest absolute Gasteiger partial charge is 0.352 e. The third kappa shape index (κ3) is 3.68. The van der Waals surface area contributed by atoms with Gasteiger partial charge in [-0.15, -0.1) is 0 Å². The molecule has 2 atom stereocenters. The number of hydrogen-bond donors (Lipinski definition) is 2. The van der Waals surface area contributed by atoms with Crippen LogP contribution in [0.2, 0.25) is 0 Å². The van der Waals surface area contributed by atoms with Gasteiger partial charge in [0.15, 0.2) is 0 Å². The number of urea groups is 1. The highest BCUT2D eigenvalue weighted by atomic mass is 19.1. The van der Waals surface area contributed by atoms with Crippen molar-refractivity contribution in [3.63, 3.8) is 0 Å². The van der Waals surface area contributed by atoms with Crippen molar-refractivity contribution >= 4 is 11.9 Å². The molecule has 3 rings (SSSR count). The van der Waals surface area contributed by atoms with E-state index < -0.39 is 6.04 Å². The maximum Gasteiger partial charge on any atom is 0.318 e. The summed E-state index contributed by atoms with van der Waals surface area (Å²) < 4.78 is 13.7. The lowest BCUT2D eigenvalue weighted by Crippen LogP contribution is -2.50. The van der Waals surface area contributed by atoms with E-state index in [9.17, 15) is 14.0 Å². The lowest BCUT2D eigenvalue weighted by Gasteiger charge is -2.26. The third-order valence-electron chi connectivity index (χ3n) is 4.78. The summed E-state index contributed by atoms with van der Waals surface area (Å²) in [5.74, 6) is -0.337. The molecule has 0 bridgehead atoms. The highest BCUT2D eigenvalue weighted by molar-refractivity contribution is 5.88. The summed E-state index contributed by atoms with van der Waals surface area (Å²) in [5, 5.41) is 5.85. The Kier molecular flexibility index (Phi) is 4.73. The van der Waals surface area contributed by atoms with Crippen LogP contribution in [0.4, 0.5) is 9.18 Å². The van der Waals surface area contributed by atoms with Crippen LogP contribution in [-0.2, 0) is 4.79 Å². The van der Waals surface area contributed by atoms with Crippen molar-refractivity contribution in [2.75, 3.05) is 6.54 Å². The Morgan fingerprint density at radius 1 is 1.29 bits per heavy atom. The maximum atomic E-state index is 13.7. The van der Waals surface area contributed by atoms with Crippen LogP contribution in [0.15, 0.2) is 18.2 Å². The molecule has 2 fully saturated rings. The van der Waals surface area contributed by atoms with Crippen LogP contribution < -0.4 is 10.6 Å². The van der Waals surface area contributed by atoms with Gasteiger partial charge in [0.05, 0.1) is 6.04 Å². The molecule has 0 radical (unpaired) electrons. The Labute approximate surface area is 141 Å². The van der Waals surface area contributed by atoms with Crippen LogP contribution in [0.5, 0.6) is 0 Å². The molecule has 24 heavy (non-hydrogen) atoms. The SMILES string of the molecule is Cc1ccc([C@@H](C)NC(=O)N2CCC[C@@H]2C(=O)NC2CC2)cc1F. The molecule has 0 unspecified atom stereocenters. The zero-order chi connectivity index (χ0) is 17.3. The van der Waals surface area contributed by atoms with E-state index in [1.54, 1.807) is 17.9 Å². The number of nitrogens with zero attached hydrogens (tertiary/aromatic N) is 1. The first-order valence-electron chi connectivity index (χ1n) is 8.59. The summed E-state index contributed by atoms with van der Waals surface area (Å²) in [5.41, 5.74) is 1.29. The third-order valence-corrected chi connectivity index (χ3v) is 4.78. The van der Waals surface area contributed by atoms with Crippen molar-refractivity contribution in [1.29, 1.82) is 0 Å². The fraction of sp³-hybridized carbons (Fsp3) is 0.556. The van der Waals surface area contributed by atoms with Crippen LogP contribution in [0.3, 0.4) is 0 Å². The van der Waals surface area contributed by atoms with E-state index in [0.29, 0.717) is 24.1 Å². The van der Waals surface area contributed by atoms with Crippen LogP contribution in [-0.4, -0.2) is 35.5 Å². The Balaban J connectivity index is 1.62. The molecular formula is C18H24FN3O2. The van der Waals surface area contributed by atoms with Crippen LogP contribution in [0.1, 0.15) is 49.8 Å². The molecule has 1 heterocycles. The van der Waals surface area contributed by atoms with Gasteiger partial charge in [0.1, 0.15) is 11.9 Å². The van der Waals surface area contributed by atoms with Crippen molar-refractivity contribution in [1.82, 2.24) is 15.5 Å². The van der Waals surface area contributed by atoms with Gasteiger partial charge in [-0.25, -0.2) is 9.18 Å². The summed E-state index contributed by atoms with van der Waals surface area (Å²) in [6, 6.07) is 4.27. The molecule has 1 aliphatic carbocycles. The molecule has 5 nitrogen and oxygen atoms in total. The minimum Gasteiger partial charge on any atom is -0.352 e. The molecule has 6 heteroatoms. The average molecular weight is 333 g/mol. The monoisotopic (exact) mass is 333 g/mol. The van der Waals surface area contributed by atoms with Gasteiger partial charge >= 0.3 is 6.03 Å². The Morgan fingerprint density at radius 3 is 2.71 bits per heavy atom. The number of amides is 3. The van der Waals surface area contributed by atoms with Gasteiger partial charge in [-0.3, -0.25) is 4.79 Å². The number of likely N-dealkylation sites (tertiary alicyclic amines) is 1. The number of rotatable bonds is 4. The number of carbonyl (C=O) groups is 2. The molecular weight excluding hydrogens is 309 g/mol. The predicted octanol–water partition coefficient (Wildman–Crippen LogP) is 2.65. The summed E-state index contributed by atoms with van der Waals surface area (Å²) in [6.45, 7) is 4.09. The van der Waals surface area contributed by atoms with Gasteiger partial charge in [0.2, 0.25) is 5.91 Å². The Hall–Kier alpha value is -2.11. The predicted molar refractivity (Wildman–Crippen MR) is 89.0 cm³/mol. The van der Waals surface area contributed by atoms with Crippen LogP contribution in [0.25, 0.3) is 0 Å². The number of aryl methyl sites for hydroxylation is 1. The number of nitrogens with one attached hydrogen (secondary N) is 2. The molecule has 1 aliphatic heterocycles. The molecule has 2 aliphatic rings. The van der Waals surface area contributed by atoms with Crippen molar-refractivity contribution in [3.05, 3.63) is 35.1 Å². The fourth-order valence-corrected chi connectivity index (χ4v) is 3.04. The molecule has 1 saturated heterocycles. The van der Waals surface area contributed by atoms with Crippen molar-refractivity contribution in [2.45, 2.75) is 57.7 Å². The molecule has 1 aromatic rings. The normalized spacial score (nSPS) is 21.5. The topological polar surface area (TPSA) is 61.4 Å². The van der Waals surface area contributed by atoms with Crippen LogP contribution in [0, 0.1) is 12.7 Å². The summed E-state index contributed by atoms with van der Waals surface area (Å²) in [6.07, 6.45) is 3.57. The van der Waals surface area contributed by atoms with Gasteiger partial charge in [-0.2, -0.15) is 0 Å². The molecule has 3 amide bonds. The van der Waals surface area contributed by atoms with E-state index in [1.807, 2.05) is 13.0 Å². The minimum atomic E-state index is -0.396. The van der Waals surface area contributed by atoms with Crippen molar-refractivity contribution < 1.29 is 14.0 Å². The van der Waals surface area contributed by atoms with Crippen molar-refractivity contribution in [3.8, 4) is 0 Å². The van der Waals surface area contributed by atoms with Gasteiger partial charge in [0.25, 0.3) is 0 Å². The molecule has 2 N–H and O–H groups in total. The highest BCUT2D eigenvalue weighted by Crippen LogP contribution is 2.23. The van der Waals surface area contributed by atoms with Gasteiger partial charge in [0, 0.05) is 12.6 Å². The molecule has 0 aromatic heterocycles. The quantitative estimate of drug-likeness (QED) is 0.890. The lowest BCUT2D eigenvalue weighted by molar-refractivity contribution is -0.124. The molecule has 1 saturated carbocycles. The smallest absolute Gasteiger partial charge is 0.318 e. The van der Waals surface area contributed by atoms with Gasteiger partial charge < -0.3 is 15.5 Å². The maximum absolute atomic E-state index is 13.7. The first-order chi connectivity index (χ1) is 11.5. The molecule has 130 valence electrons. The summed E-state index contributed by atoms with van der Waals surface area (Å²) in [7, 11) is 0. The number of halogens is 1. The zero-order valence-corrected chi connectivity index (χ0v) is 14.1. The van der Waals surface area contributed by atoms with E-state index in [0.717, 1.165) is 19.3 Å². The first-order valence-corrected chi connectivity index (χ1v) is 8.59. The molecule has 0 spiro atoms. The summed E-state index contributed by atoms with van der Waals surface area (Å²) >= 11 is 0. The second-order valence-corrected chi connectivity index (χ2v) is 6.81. The Bertz CT molecular complexity index is 645. The van der Waals surface area contributed by atoms with E-state index in [4.69, 9.17) is 0 Å². The molecule has 1 aromatic carbocycles. The van der Waals surface area contributed by atoms with E-state index in [2.05, 4.69) is 10.6 Å². The number of carbonyl (C=O) groups excluding carboxylic acids is 2. The standard InChI is InChI=1S/C18H24FN3O2/c1-11-5-6-13(10-15(11)19)12(2)20-18(24)22-9-3-4-16(22)17(23)21-14-7-8-14/h5-6,10,12,14,16H,3-4,7-9H2,1-2H3,(H,20,24)(H,21,23)/t12-,16-/m1/s1. The van der Waals surface area contributed by atoms with Gasteiger partial charge in [-0.1, -0.05) is 12.1 Å². The van der Waals surface area contributed by atoms with E-state index >= 15 is 0 Å². The van der Waals surface area contributed by atoms with E-state index in [-0.39, 0.29) is 29.8 Å². The van der Waals surface area contributed by atoms with E-state index in [1.165, 1.54) is 6.07 Å². The van der Waals surface area contributed by atoms with Crippen molar-refractivity contribution in [2.24, 2.45) is 0 Å². The van der Waals surface area contributed by atoms with Gasteiger partial charge in [-0.05, 0) is 56.7 Å². The summed E-state index contributed by atoms with van der Waals surface area (Å²) in [4.78, 5) is 26.4. The first kappa shape index (κ1) is 16.7. The number of benzene rings is 1. The lowest BCUT2D eigenvalue weighted by atomic mass is 10.1. The zero-order valence-electron chi connectivity index (χ0n) is 14.1. The minimum absolute atomic E-state index is 0.0563. The second-order valence-electron chi connectivity index (χ2n) is 6.81. The average Bonchev–Trinajstić information content (AvgIpc) is 3.21. The van der Waals surface area contributed by atoms with Crippen LogP contribution >= 0.6 is 0 Å². The highest BCUT2D eigenvalue weighted by Gasteiger charge is 2.36. The Morgan fingerprint density at radius 2 is 2.04 bits per heavy atom. The fourth-order valence-electron chi connectivity index (χ4n) is 3.04. The number of hydrogen-bond acceptors (Lipinski definition) is 2. The second kappa shape index (κ2) is 6.79.